The van der Waals surface area contributed by atoms with Crippen molar-refractivity contribution >= 4 is 11.8 Å². The molecular formula is C18H16F2N2O2. The van der Waals surface area contributed by atoms with Gasteiger partial charge in [0.05, 0.1) is 5.56 Å². The molecule has 1 heterocycles. The first-order chi connectivity index (χ1) is 11.5. The molecule has 1 atom stereocenters. The smallest absolute Gasteiger partial charge is 0.254 e. The Labute approximate surface area is 138 Å². The third kappa shape index (κ3) is 3.13. The van der Waals surface area contributed by atoms with E-state index in [2.05, 4.69) is 5.32 Å². The summed E-state index contributed by atoms with van der Waals surface area (Å²) in [5.74, 6) is -1.85. The quantitative estimate of drug-likeness (QED) is 0.940. The van der Waals surface area contributed by atoms with E-state index in [4.69, 9.17) is 0 Å². The Morgan fingerprint density at radius 3 is 2.38 bits per heavy atom. The molecule has 6 heteroatoms. The molecule has 0 aromatic heterocycles. The van der Waals surface area contributed by atoms with Crippen LogP contribution in [0, 0.1) is 11.6 Å². The summed E-state index contributed by atoms with van der Waals surface area (Å²) in [6.45, 7) is 0.565. The number of carbonyl (C=O) groups excluding carboxylic acids is 2. The van der Waals surface area contributed by atoms with Crippen LogP contribution in [0.15, 0.2) is 42.5 Å². The third-order valence-corrected chi connectivity index (χ3v) is 4.12. The SMILES string of the molecule is CN1CCC(NC(=O)c2ccc(-c3ccc(F)cc3)cc2F)C1=O. The highest BCUT2D eigenvalue weighted by atomic mass is 19.1. The molecule has 2 aromatic carbocycles. The van der Waals surface area contributed by atoms with Crippen LogP contribution >= 0.6 is 0 Å². The molecule has 1 saturated heterocycles. The molecule has 0 radical (unpaired) electrons. The standard InChI is InChI=1S/C18H16F2N2O2/c1-22-9-8-16(18(22)24)21-17(23)14-7-4-12(10-15(14)20)11-2-5-13(19)6-3-11/h2-7,10,16H,8-9H2,1H3,(H,21,23). The maximum absolute atomic E-state index is 14.3. The highest BCUT2D eigenvalue weighted by Gasteiger charge is 2.30. The Morgan fingerprint density at radius 2 is 1.79 bits per heavy atom. The molecule has 0 bridgehead atoms. The lowest BCUT2D eigenvalue weighted by atomic mass is 10.0. The minimum Gasteiger partial charge on any atom is -0.344 e. The number of amides is 2. The Morgan fingerprint density at radius 1 is 1.12 bits per heavy atom. The number of nitrogens with zero attached hydrogens (tertiary/aromatic N) is 1. The predicted molar refractivity (Wildman–Crippen MR) is 85.3 cm³/mol. The van der Waals surface area contributed by atoms with E-state index in [0.717, 1.165) is 0 Å². The van der Waals surface area contributed by atoms with Gasteiger partial charge in [0.2, 0.25) is 5.91 Å². The van der Waals surface area contributed by atoms with Gasteiger partial charge in [-0.25, -0.2) is 8.78 Å². The molecular weight excluding hydrogens is 314 g/mol. The molecule has 124 valence electrons. The van der Waals surface area contributed by atoms with E-state index in [9.17, 15) is 18.4 Å². The number of hydrogen-bond acceptors (Lipinski definition) is 2. The monoisotopic (exact) mass is 330 g/mol. The average molecular weight is 330 g/mol. The first-order valence-corrected chi connectivity index (χ1v) is 7.57. The van der Waals surface area contributed by atoms with Gasteiger partial charge in [0.15, 0.2) is 0 Å². The molecule has 1 aliphatic rings. The number of halogens is 2. The lowest BCUT2D eigenvalue weighted by molar-refractivity contribution is -0.128. The molecule has 0 aliphatic carbocycles. The fourth-order valence-electron chi connectivity index (χ4n) is 2.71. The molecule has 4 nitrogen and oxygen atoms in total. The van der Waals surface area contributed by atoms with Crippen LogP contribution in [-0.4, -0.2) is 36.3 Å². The highest BCUT2D eigenvalue weighted by molar-refractivity contribution is 5.98. The number of hydrogen-bond donors (Lipinski definition) is 1. The van der Waals surface area contributed by atoms with Crippen molar-refractivity contribution in [1.82, 2.24) is 10.2 Å². The number of nitrogens with one attached hydrogen (secondary N) is 1. The zero-order chi connectivity index (χ0) is 17.3. The van der Waals surface area contributed by atoms with Gasteiger partial charge < -0.3 is 10.2 Å². The van der Waals surface area contributed by atoms with Crippen molar-refractivity contribution < 1.29 is 18.4 Å². The van der Waals surface area contributed by atoms with Crippen molar-refractivity contribution in [2.45, 2.75) is 12.5 Å². The van der Waals surface area contributed by atoms with E-state index >= 15 is 0 Å². The van der Waals surface area contributed by atoms with E-state index in [-0.39, 0.29) is 17.3 Å². The minimum atomic E-state index is -0.687. The highest BCUT2D eigenvalue weighted by Crippen LogP contribution is 2.22. The number of rotatable bonds is 3. The first-order valence-electron chi connectivity index (χ1n) is 7.57. The number of likely N-dealkylation sites (N-methyl/N-ethyl adjacent to an activating group) is 1. The summed E-state index contributed by atoms with van der Waals surface area (Å²) in [4.78, 5) is 25.5. The van der Waals surface area contributed by atoms with Crippen LogP contribution in [0.25, 0.3) is 11.1 Å². The molecule has 2 aromatic rings. The van der Waals surface area contributed by atoms with Crippen LogP contribution in [0.4, 0.5) is 8.78 Å². The third-order valence-electron chi connectivity index (χ3n) is 4.12. The molecule has 0 saturated carbocycles. The van der Waals surface area contributed by atoms with Gasteiger partial charge in [0.25, 0.3) is 5.91 Å². The molecule has 3 rings (SSSR count). The summed E-state index contributed by atoms with van der Waals surface area (Å²) in [6.07, 6.45) is 0.510. The van der Waals surface area contributed by atoms with Crippen LogP contribution < -0.4 is 5.32 Å². The van der Waals surface area contributed by atoms with E-state index in [1.165, 1.54) is 41.3 Å². The molecule has 0 spiro atoms. The van der Waals surface area contributed by atoms with Crippen molar-refractivity contribution in [3.05, 3.63) is 59.7 Å². The van der Waals surface area contributed by atoms with Gasteiger partial charge in [0.1, 0.15) is 17.7 Å². The fraction of sp³-hybridized carbons (Fsp3) is 0.222. The lowest BCUT2D eigenvalue weighted by Gasteiger charge is -2.13. The first kappa shape index (κ1) is 16.1. The summed E-state index contributed by atoms with van der Waals surface area (Å²) in [5, 5.41) is 2.56. The summed E-state index contributed by atoms with van der Waals surface area (Å²) >= 11 is 0. The normalized spacial score (nSPS) is 17.2. The van der Waals surface area contributed by atoms with Crippen LogP contribution in [0.1, 0.15) is 16.8 Å². The second-order valence-corrected chi connectivity index (χ2v) is 5.78. The van der Waals surface area contributed by atoms with Crippen molar-refractivity contribution in [3.8, 4) is 11.1 Å². The zero-order valence-corrected chi connectivity index (χ0v) is 13.1. The van der Waals surface area contributed by atoms with E-state index in [1.807, 2.05) is 0 Å². The number of benzene rings is 2. The van der Waals surface area contributed by atoms with Crippen LogP contribution in [0.5, 0.6) is 0 Å². The van der Waals surface area contributed by atoms with E-state index in [0.29, 0.717) is 24.1 Å². The molecule has 1 fully saturated rings. The van der Waals surface area contributed by atoms with Crippen LogP contribution in [0.3, 0.4) is 0 Å². The molecule has 1 aliphatic heterocycles. The minimum absolute atomic E-state index is 0.122. The lowest BCUT2D eigenvalue weighted by Crippen LogP contribution is -2.40. The van der Waals surface area contributed by atoms with E-state index < -0.39 is 17.8 Å². The van der Waals surface area contributed by atoms with Crippen molar-refractivity contribution in [2.24, 2.45) is 0 Å². The van der Waals surface area contributed by atoms with Gasteiger partial charge in [-0.1, -0.05) is 18.2 Å². The van der Waals surface area contributed by atoms with Crippen molar-refractivity contribution in [2.75, 3.05) is 13.6 Å². The van der Waals surface area contributed by atoms with Gasteiger partial charge in [-0.15, -0.1) is 0 Å². The summed E-state index contributed by atoms with van der Waals surface area (Å²) in [7, 11) is 1.66. The maximum atomic E-state index is 14.3. The number of likely N-dealkylation sites (tertiary alicyclic amines) is 1. The fourth-order valence-corrected chi connectivity index (χ4v) is 2.71. The van der Waals surface area contributed by atoms with Gasteiger partial charge in [0, 0.05) is 13.6 Å². The van der Waals surface area contributed by atoms with Gasteiger partial charge >= 0.3 is 0 Å². The summed E-state index contributed by atoms with van der Waals surface area (Å²) in [5.41, 5.74) is 1.07. The summed E-state index contributed by atoms with van der Waals surface area (Å²) in [6, 6.07) is 9.23. The zero-order valence-electron chi connectivity index (χ0n) is 13.1. The molecule has 1 N–H and O–H groups in total. The van der Waals surface area contributed by atoms with Gasteiger partial charge in [-0.05, 0) is 41.8 Å². The van der Waals surface area contributed by atoms with Crippen LogP contribution in [-0.2, 0) is 4.79 Å². The Balaban J connectivity index is 1.78. The predicted octanol–water partition coefficient (Wildman–Crippen LogP) is 2.59. The number of carbonyl (C=O) groups is 2. The Hall–Kier alpha value is -2.76. The second kappa shape index (κ2) is 6.39. The maximum Gasteiger partial charge on any atom is 0.254 e. The molecule has 24 heavy (non-hydrogen) atoms. The topological polar surface area (TPSA) is 49.4 Å². The molecule has 2 amide bonds. The van der Waals surface area contributed by atoms with Gasteiger partial charge in [-0.2, -0.15) is 0 Å². The Bertz CT molecular complexity index is 790. The summed E-state index contributed by atoms with van der Waals surface area (Å²) < 4.78 is 27.2. The average Bonchev–Trinajstić information content (AvgIpc) is 2.87. The molecule has 1 unspecified atom stereocenters. The van der Waals surface area contributed by atoms with E-state index in [1.54, 1.807) is 13.1 Å². The largest absolute Gasteiger partial charge is 0.344 e. The second-order valence-electron chi connectivity index (χ2n) is 5.78. The van der Waals surface area contributed by atoms with Gasteiger partial charge in [-0.3, -0.25) is 9.59 Å². The van der Waals surface area contributed by atoms with Crippen molar-refractivity contribution in [1.29, 1.82) is 0 Å². The van der Waals surface area contributed by atoms with Crippen molar-refractivity contribution in [3.63, 3.8) is 0 Å². The van der Waals surface area contributed by atoms with Crippen LogP contribution in [0.2, 0.25) is 0 Å². The Kier molecular flexibility index (Phi) is 4.29.